The Kier molecular flexibility index (Phi) is 5.59. The lowest BCUT2D eigenvalue weighted by molar-refractivity contribution is 0.111. The number of nitrogens with one attached hydrogen (secondary N) is 1. The molecule has 3 rings (SSSR count). The van der Waals surface area contributed by atoms with Crippen LogP contribution in [0.15, 0.2) is 54.6 Å². The van der Waals surface area contributed by atoms with Crippen molar-refractivity contribution in [1.29, 1.82) is 0 Å². The summed E-state index contributed by atoms with van der Waals surface area (Å²) < 4.78 is 5.95. The van der Waals surface area contributed by atoms with Gasteiger partial charge in [0.2, 0.25) is 0 Å². The number of nitrogens with zero attached hydrogens (tertiary/aromatic N) is 1. The number of carbonyl (C=O) groups is 1. The SMILES string of the molecule is O=C(NCc1ccccc1)N1CCC(Oc2cccc(Cl)c2)CC1. The summed E-state index contributed by atoms with van der Waals surface area (Å²) in [7, 11) is 0. The van der Waals surface area contributed by atoms with Gasteiger partial charge in [-0.3, -0.25) is 0 Å². The smallest absolute Gasteiger partial charge is 0.317 e. The first-order chi connectivity index (χ1) is 11.7. The highest BCUT2D eigenvalue weighted by Crippen LogP contribution is 2.22. The van der Waals surface area contributed by atoms with E-state index in [2.05, 4.69) is 5.32 Å². The summed E-state index contributed by atoms with van der Waals surface area (Å²) in [6.45, 7) is 1.95. The second-order valence-corrected chi connectivity index (χ2v) is 6.34. The molecule has 1 aliphatic rings. The predicted molar refractivity (Wildman–Crippen MR) is 95.4 cm³/mol. The Morgan fingerprint density at radius 2 is 1.88 bits per heavy atom. The third-order valence-electron chi connectivity index (χ3n) is 4.11. The molecule has 0 radical (unpaired) electrons. The van der Waals surface area contributed by atoms with Gasteiger partial charge in [0.25, 0.3) is 0 Å². The second-order valence-electron chi connectivity index (χ2n) is 5.91. The predicted octanol–water partition coefficient (Wildman–Crippen LogP) is 4.09. The molecule has 5 heteroatoms. The van der Waals surface area contributed by atoms with E-state index >= 15 is 0 Å². The van der Waals surface area contributed by atoms with Crippen LogP contribution < -0.4 is 10.1 Å². The number of halogens is 1. The Balaban J connectivity index is 1.43. The molecule has 0 atom stereocenters. The molecule has 0 unspecified atom stereocenters. The fourth-order valence-corrected chi connectivity index (χ4v) is 2.98. The maximum Gasteiger partial charge on any atom is 0.317 e. The van der Waals surface area contributed by atoms with Crippen LogP contribution in [0.25, 0.3) is 0 Å². The number of piperidine rings is 1. The number of carbonyl (C=O) groups excluding carboxylic acids is 1. The van der Waals surface area contributed by atoms with Gasteiger partial charge in [0.05, 0.1) is 0 Å². The lowest BCUT2D eigenvalue weighted by Crippen LogP contribution is -2.46. The summed E-state index contributed by atoms with van der Waals surface area (Å²) in [6.07, 6.45) is 1.78. The third kappa shape index (κ3) is 4.65. The normalized spacial score (nSPS) is 15.1. The number of hydrogen-bond donors (Lipinski definition) is 1. The van der Waals surface area contributed by atoms with E-state index in [1.807, 2.05) is 59.5 Å². The summed E-state index contributed by atoms with van der Waals surface area (Å²) >= 11 is 5.97. The van der Waals surface area contributed by atoms with Crippen molar-refractivity contribution >= 4 is 17.6 Å². The lowest BCUT2D eigenvalue weighted by atomic mass is 10.1. The van der Waals surface area contributed by atoms with Crippen molar-refractivity contribution in [3.8, 4) is 5.75 Å². The molecule has 2 amide bonds. The summed E-state index contributed by atoms with van der Waals surface area (Å²) in [5, 5.41) is 3.64. The highest BCUT2D eigenvalue weighted by atomic mass is 35.5. The van der Waals surface area contributed by atoms with Gasteiger partial charge >= 0.3 is 6.03 Å². The van der Waals surface area contributed by atoms with Crippen molar-refractivity contribution in [2.45, 2.75) is 25.5 Å². The Labute approximate surface area is 147 Å². The van der Waals surface area contributed by atoms with Gasteiger partial charge in [0.15, 0.2) is 0 Å². The van der Waals surface area contributed by atoms with Crippen LogP contribution in [0.4, 0.5) is 4.79 Å². The molecule has 2 aromatic carbocycles. The molecule has 0 saturated carbocycles. The van der Waals surface area contributed by atoms with Crippen molar-refractivity contribution in [3.05, 3.63) is 65.2 Å². The standard InChI is InChI=1S/C19H21ClN2O2/c20-16-7-4-8-18(13-16)24-17-9-11-22(12-10-17)19(23)21-14-15-5-2-1-3-6-15/h1-8,13,17H,9-12,14H2,(H,21,23). The molecule has 1 fully saturated rings. The minimum atomic E-state index is -0.0138. The minimum absolute atomic E-state index is 0.0138. The average Bonchev–Trinajstić information content (AvgIpc) is 2.61. The number of rotatable bonds is 4. The van der Waals surface area contributed by atoms with Gasteiger partial charge in [-0.25, -0.2) is 4.79 Å². The molecule has 1 aliphatic heterocycles. The lowest BCUT2D eigenvalue weighted by Gasteiger charge is -2.32. The van der Waals surface area contributed by atoms with E-state index in [1.54, 1.807) is 0 Å². The quantitative estimate of drug-likeness (QED) is 0.907. The zero-order chi connectivity index (χ0) is 16.8. The molecule has 24 heavy (non-hydrogen) atoms. The first-order valence-electron chi connectivity index (χ1n) is 8.19. The van der Waals surface area contributed by atoms with E-state index in [4.69, 9.17) is 16.3 Å². The van der Waals surface area contributed by atoms with E-state index in [1.165, 1.54) is 0 Å². The fourth-order valence-electron chi connectivity index (χ4n) is 2.79. The van der Waals surface area contributed by atoms with Gasteiger partial charge in [-0.1, -0.05) is 48.0 Å². The van der Waals surface area contributed by atoms with Crippen molar-refractivity contribution < 1.29 is 9.53 Å². The minimum Gasteiger partial charge on any atom is -0.490 e. The molecule has 4 nitrogen and oxygen atoms in total. The van der Waals surface area contributed by atoms with Crippen molar-refractivity contribution in [1.82, 2.24) is 10.2 Å². The Morgan fingerprint density at radius 3 is 2.58 bits per heavy atom. The summed E-state index contributed by atoms with van der Waals surface area (Å²) in [5.74, 6) is 0.787. The summed E-state index contributed by atoms with van der Waals surface area (Å²) in [5.41, 5.74) is 1.10. The second kappa shape index (κ2) is 8.06. The molecule has 0 aromatic heterocycles. The number of ether oxygens (including phenoxy) is 1. The zero-order valence-electron chi connectivity index (χ0n) is 13.5. The van der Waals surface area contributed by atoms with E-state index < -0.39 is 0 Å². The first kappa shape index (κ1) is 16.7. The van der Waals surface area contributed by atoms with Crippen molar-refractivity contribution in [2.75, 3.05) is 13.1 Å². The number of hydrogen-bond acceptors (Lipinski definition) is 2. The van der Waals surface area contributed by atoms with Gasteiger partial charge in [-0.05, 0) is 23.8 Å². The maximum atomic E-state index is 12.2. The average molecular weight is 345 g/mol. The van der Waals surface area contributed by atoms with Gasteiger partial charge < -0.3 is 15.0 Å². The zero-order valence-corrected chi connectivity index (χ0v) is 14.2. The van der Waals surface area contributed by atoms with Crippen LogP contribution in [0.3, 0.4) is 0 Å². The fraction of sp³-hybridized carbons (Fsp3) is 0.316. The Bertz CT molecular complexity index is 670. The van der Waals surface area contributed by atoms with Crippen LogP contribution in [-0.2, 0) is 6.54 Å². The van der Waals surface area contributed by atoms with Gasteiger partial charge in [-0.15, -0.1) is 0 Å². The summed E-state index contributed by atoms with van der Waals surface area (Å²) in [6, 6.07) is 17.3. The van der Waals surface area contributed by atoms with E-state index in [0.717, 1.165) is 24.2 Å². The Hall–Kier alpha value is -2.20. The highest BCUT2D eigenvalue weighted by Gasteiger charge is 2.23. The molecule has 1 saturated heterocycles. The molecule has 0 aliphatic carbocycles. The molecule has 126 valence electrons. The molecule has 2 aromatic rings. The molecule has 1 heterocycles. The van der Waals surface area contributed by atoms with E-state index in [-0.39, 0.29) is 12.1 Å². The van der Waals surface area contributed by atoms with Crippen LogP contribution >= 0.6 is 11.6 Å². The van der Waals surface area contributed by atoms with Crippen LogP contribution in [0.2, 0.25) is 5.02 Å². The van der Waals surface area contributed by atoms with Gasteiger partial charge in [-0.2, -0.15) is 0 Å². The molecular weight excluding hydrogens is 324 g/mol. The topological polar surface area (TPSA) is 41.6 Å². The highest BCUT2D eigenvalue weighted by molar-refractivity contribution is 6.30. The van der Waals surface area contributed by atoms with E-state index in [0.29, 0.717) is 24.7 Å². The van der Waals surface area contributed by atoms with Gasteiger partial charge in [0.1, 0.15) is 11.9 Å². The number of amides is 2. The van der Waals surface area contributed by atoms with Crippen LogP contribution in [-0.4, -0.2) is 30.1 Å². The van der Waals surface area contributed by atoms with Crippen molar-refractivity contribution in [2.24, 2.45) is 0 Å². The molecule has 1 N–H and O–H groups in total. The van der Waals surface area contributed by atoms with E-state index in [9.17, 15) is 4.79 Å². The van der Waals surface area contributed by atoms with Gasteiger partial charge in [0, 0.05) is 37.5 Å². The monoisotopic (exact) mass is 344 g/mol. The third-order valence-corrected chi connectivity index (χ3v) is 4.35. The number of urea groups is 1. The molecule has 0 bridgehead atoms. The van der Waals surface area contributed by atoms with Crippen molar-refractivity contribution in [3.63, 3.8) is 0 Å². The largest absolute Gasteiger partial charge is 0.490 e. The number of likely N-dealkylation sites (tertiary alicyclic amines) is 1. The summed E-state index contributed by atoms with van der Waals surface area (Å²) in [4.78, 5) is 14.1. The molecule has 0 spiro atoms. The first-order valence-corrected chi connectivity index (χ1v) is 8.57. The van der Waals surface area contributed by atoms with Crippen LogP contribution in [0, 0.1) is 0 Å². The Morgan fingerprint density at radius 1 is 1.12 bits per heavy atom. The van der Waals surface area contributed by atoms with Crippen LogP contribution in [0.5, 0.6) is 5.75 Å². The maximum absolute atomic E-state index is 12.2. The van der Waals surface area contributed by atoms with Crippen LogP contribution in [0.1, 0.15) is 18.4 Å². The molecular formula is C19H21ClN2O2. The number of benzene rings is 2.